The summed E-state index contributed by atoms with van der Waals surface area (Å²) in [6.45, 7) is 0.0590. The summed E-state index contributed by atoms with van der Waals surface area (Å²) in [5.74, 6) is 2.80. The number of nitrogens with one attached hydrogen (secondary N) is 1. The number of rotatable bonds is 3. The summed E-state index contributed by atoms with van der Waals surface area (Å²) in [6.07, 6.45) is 0. The SMILES string of the molecule is CN(C)CC(O)(O)NN.Cl. The van der Waals surface area contributed by atoms with Gasteiger partial charge in [0.15, 0.2) is 0 Å². The van der Waals surface area contributed by atoms with Gasteiger partial charge in [-0.05, 0) is 14.1 Å². The van der Waals surface area contributed by atoms with E-state index in [1.54, 1.807) is 19.0 Å². The molecule has 0 aliphatic heterocycles. The molecule has 10 heavy (non-hydrogen) atoms. The van der Waals surface area contributed by atoms with Crippen molar-refractivity contribution in [2.75, 3.05) is 20.6 Å². The molecule has 64 valence electrons. The van der Waals surface area contributed by atoms with E-state index in [0.29, 0.717) is 0 Å². The molecule has 0 amide bonds. The molecule has 0 saturated heterocycles. The van der Waals surface area contributed by atoms with Crippen molar-refractivity contribution in [1.82, 2.24) is 10.3 Å². The second-order valence-corrected chi connectivity index (χ2v) is 2.20. The number of hydrogen-bond acceptors (Lipinski definition) is 5. The highest BCUT2D eigenvalue weighted by atomic mass is 35.5. The molecule has 0 aromatic heterocycles. The molecular weight excluding hydrogens is 158 g/mol. The van der Waals surface area contributed by atoms with Gasteiger partial charge in [0.25, 0.3) is 0 Å². The molecule has 0 aliphatic rings. The maximum atomic E-state index is 8.77. The largest absolute Gasteiger partial charge is 0.352 e. The number of aliphatic hydroxyl groups is 2. The minimum Gasteiger partial charge on any atom is -0.352 e. The average molecular weight is 172 g/mol. The van der Waals surface area contributed by atoms with E-state index in [-0.39, 0.29) is 19.0 Å². The highest BCUT2D eigenvalue weighted by Gasteiger charge is 2.20. The summed E-state index contributed by atoms with van der Waals surface area (Å²) >= 11 is 0. The van der Waals surface area contributed by atoms with Crippen molar-refractivity contribution in [1.29, 1.82) is 0 Å². The first-order valence-corrected chi connectivity index (χ1v) is 2.55. The van der Waals surface area contributed by atoms with Crippen LogP contribution in [0.4, 0.5) is 0 Å². The monoisotopic (exact) mass is 171 g/mol. The number of nitrogens with two attached hydrogens (primary N) is 1. The maximum absolute atomic E-state index is 8.77. The number of nitrogens with zero attached hydrogens (tertiary/aromatic N) is 1. The second kappa shape index (κ2) is 4.84. The number of hydrazine groups is 1. The molecule has 0 bridgehead atoms. The lowest BCUT2D eigenvalue weighted by atomic mass is 10.5. The van der Waals surface area contributed by atoms with E-state index in [4.69, 9.17) is 16.1 Å². The first-order valence-electron chi connectivity index (χ1n) is 2.55. The Labute approximate surface area is 66.2 Å². The van der Waals surface area contributed by atoms with Crippen LogP contribution in [0.1, 0.15) is 0 Å². The van der Waals surface area contributed by atoms with Gasteiger partial charge >= 0.3 is 0 Å². The number of halogens is 1. The Hall–Kier alpha value is 0.0900. The van der Waals surface area contributed by atoms with E-state index in [2.05, 4.69) is 0 Å². The first-order chi connectivity index (χ1) is 3.98. The third-order valence-corrected chi connectivity index (χ3v) is 0.768. The first kappa shape index (κ1) is 12.7. The Morgan fingerprint density at radius 3 is 2.00 bits per heavy atom. The molecule has 0 heterocycles. The van der Waals surface area contributed by atoms with Gasteiger partial charge in [-0.3, -0.25) is 5.84 Å². The van der Waals surface area contributed by atoms with Crippen molar-refractivity contribution < 1.29 is 10.2 Å². The summed E-state index contributed by atoms with van der Waals surface area (Å²) in [6, 6.07) is 0. The van der Waals surface area contributed by atoms with Crippen LogP contribution in [0.3, 0.4) is 0 Å². The topological polar surface area (TPSA) is 81.8 Å². The maximum Gasteiger partial charge on any atom is 0.248 e. The Balaban J connectivity index is 0. The third kappa shape index (κ3) is 6.21. The van der Waals surface area contributed by atoms with Gasteiger partial charge in [0.05, 0.1) is 6.54 Å². The Bertz CT molecular complexity index is 88.6. The van der Waals surface area contributed by atoms with Gasteiger partial charge in [-0.25, -0.2) is 5.43 Å². The van der Waals surface area contributed by atoms with Crippen LogP contribution in [0, 0.1) is 0 Å². The molecule has 0 aliphatic carbocycles. The Kier molecular flexibility index (Phi) is 6.16. The van der Waals surface area contributed by atoms with Crippen LogP contribution >= 0.6 is 12.4 Å². The fourth-order valence-electron chi connectivity index (χ4n) is 0.487. The highest BCUT2D eigenvalue weighted by molar-refractivity contribution is 5.85. The molecule has 0 spiro atoms. The van der Waals surface area contributed by atoms with Gasteiger partial charge in [0.2, 0.25) is 5.91 Å². The van der Waals surface area contributed by atoms with Crippen LogP contribution in [0.2, 0.25) is 0 Å². The van der Waals surface area contributed by atoms with Crippen LogP contribution in [0.5, 0.6) is 0 Å². The minimum absolute atomic E-state index is 0. The molecule has 0 aromatic rings. The normalized spacial score (nSPS) is 11.4. The molecule has 0 saturated carbocycles. The van der Waals surface area contributed by atoms with Crippen molar-refractivity contribution in [3.8, 4) is 0 Å². The molecule has 0 unspecified atom stereocenters. The molecular formula is C4H14ClN3O2. The molecule has 6 heteroatoms. The third-order valence-electron chi connectivity index (χ3n) is 0.768. The second-order valence-electron chi connectivity index (χ2n) is 2.20. The summed E-state index contributed by atoms with van der Waals surface area (Å²) < 4.78 is 0. The zero-order chi connectivity index (χ0) is 7.49. The van der Waals surface area contributed by atoms with E-state index < -0.39 is 5.91 Å². The fourth-order valence-corrected chi connectivity index (χ4v) is 0.487. The summed E-state index contributed by atoms with van der Waals surface area (Å²) in [5.41, 5.74) is 1.84. The van der Waals surface area contributed by atoms with E-state index in [0.717, 1.165) is 0 Å². The summed E-state index contributed by atoms with van der Waals surface area (Å²) in [5, 5.41) is 17.5. The zero-order valence-corrected chi connectivity index (χ0v) is 6.85. The molecule has 5 nitrogen and oxygen atoms in total. The van der Waals surface area contributed by atoms with Gasteiger partial charge in [-0.1, -0.05) is 0 Å². The number of likely N-dealkylation sites (N-methyl/N-ethyl adjacent to an activating group) is 1. The van der Waals surface area contributed by atoms with Gasteiger partial charge in [0.1, 0.15) is 0 Å². The van der Waals surface area contributed by atoms with Crippen molar-refractivity contribution >= 4 is 12.4 Å². The van der Waals surface area contributed by atoms with Crippen LogP contribution in [-0.2, 0) is 0 Å². The standard InChI is InChI=1S/C4H13N3O2.ClH/c1-7(2)3-4(8,9)6-5;/h6,8-9H,3,5H2,1-2H3;1H. The van der Waals surface area contributed by atoms with Crippen molar-refractivity contribution in [2.24, 2.45) is 5.84 Å². The van der Waals surface area contributed by atoms with Gasteiger partial charge in [0, 0.05) is 0 Å². The van der Waals surface area contributed by atoms with Gasteiger partial charge in [-0.2, -0.15) is 0 Å². The Morgan fingerprint density at radius 1 is 1.50 bits per heavy atom. The lowest BCUT2D eigenvalue weighted by Gasteiger charge is -2.23. The lowest BCUT2D eigenvalue weighted by Crippen LogP contribution is -2.55. The van der Waals surface area contributed by atoms with Crippen LogP contribution in [0.25, 0.3) is 0 Å². The number of hydrogen-bond donors (Lipinski definition) is 4. The van der Waals surface area contributed by atoms with E-state index in [1.807, 2.05) is 5.43 Å². The van der Waals surface area contributed by atoms with E-state index >= 15 is 0 Å². The zero-order valence-electron chi connectivity index (χ0n) is 6.03. The van der Waals surface area contributed by atoms with Crippen molar-refractivity contribution in [3.63, 3.8) is 0 Å². The molecule has 0 aromatic carbocycles. The summed E-state index contributed by atoms with van der Waals surface area (Å²) in [4.78, 5) is 1.60. The molecule has 0 radical (unpaired) electrons. The van der Waals surface area contributed by atoms with Gasteiger partial charge < -0.3 is 15.1 Å². The molecule has 0 rings (SSSR count). The van der Waals surface area contributed by atoms with E-state index in [9.17, 15) is 0 Å². The smallest absolute Gasteiger partial charge is 0.248 e. The van der Waals surface area contributed by atoms with Crippen LogP contribution in [0.15, 0.2) is 0 Å². The fraction of sp³-hybridized carbons (Fsp3) is 1.00. The predicted octanol–water partition coefficient (Wildman–Crippen LogP) is -1.93. The summed E-state index contributed by atoms with van der Waals surface area (Å²) in [7, 11) is 3.41. The molecule has 5 N–H and O–H groups in total. The average Bonchev–Trinajstić information content (AvgIpc) is 1.63. The predicted molar refractivity (Wildman–Crippen MR) is 40.3 cm³/mol. The van der Waals surface area contributed by atoms with Crippen LogP contribution in [-0.4, -0.2) is 41.7 Å². The highest BCUT2D eigenvalue weighted by Crippen LogP contribution is 1.91. The van der Waals surface area contributed by atoms with Crippen LogP contribution < -0.4 is 11.3 Å². The lowest BCUT2D eigenvalue weighted by molar-refractivity contribution is -0.193. The van der Waals surface area contributed by atoms with Crippen molar-refractivity contribution in [2.45, 2.75) is 5.91 Å². The molecule has 0 fully saturated rings. The van der Waals surface area contributed by atoms with Crippen molar-refractivity contribution in [3.05, 3.63) is 0 Å². The van der Waals surface area contributed by atoms with E-state index in [1.165, 1.54) is 0 Å². The molecule has 0 atom stereocenters. The van der Waals surface area contributed by atoms with Gasteiger partial charge in [-0.15, -0.1) is 12.4 Å². The Morgan fingerprint density at radius 2 is 1.90 bits per heavy atom. The minimum atomic E-state index is -1.98. The quantitative estimate of drug-likeness (QED) is 0.226.